The van der Waals surface area contributed by atoms with Crippen LogP contribution in [0, 0.1) is 18.8 Å². The van der Waals surface area contributed by atoms with Crippen molar-refractivity contribution >= 4 is 34.0 Å². The number of carboxylic acids is 1. The predicted octanol–water partition coefficient (Wildman–Crippen LogP) is 3.58. The number of nitrogens with zero attached hydrogens (tertiary/aromatic N) is 7. The number of rotatable bonds is 10. The van der Waals surface area contributed by atoms with E-state index < -0.39 is 17.2 Å². The fourth-order valence-electron chi connectivity index (χ4n) is 5.63. The second-order valence-corrected chi connectivity index (χ2v) is 11.5. The predicted molar refractivity (Wildman–Crippen MR) is 176 cm³/mol. The maximum Gasteiger partial charge on any atom is 0.332 e. The second-order valence-electron chi connectivity index (χ2n) is 11.5. The third-order valence-corrected chi connectivity index (χ3v) is 8.00. The molecule has 1 saturated heterocycles. The minimum atomic E-state index is -0.670. The van der Waals surface area contributed by atoms with Gasteiger partial charge in [-0.25, -0.2) is 14.8 Å². The van der Waals surface area contributed by atoms with Gasteiger partial charge in [-0.2, -0.15) is 4.98 Å². The van der Waals surface area contributed by atoms with Crippen molar-refractivity contribution in [3.8, 4) is 11.8 Å². The van der Waals surface area contributed by atoms with E-state index in [1.165, 1.54) is 28.4 Å². The molecule has 0 bridgehead atoms. The van der Waals surface area contributed by atoms with Gasteiger partial charge in [0.1, 0.15) is 5.82 Å². The van der Waals surface area contributed by atoms with Crippen LogP contribution in [0.15, 0.2) is 33.9 Å². The zero-order valence-electron chi connectivity index (χ0n) is 26.8. The summed E-state index contributed by atoms with van der Waals surface area (Å²) in [5.74, 6) is 6.29. The van der Waals surface area contributed by atoms with Crippen LogP contribution in [0.25, 0.3) is 22.1 Å². The van der Waals surface area contributed by atoms with Gasteiger partial charge in [0.25, 0.3) is 5.56 Å². The highest BCUT2D eigenvalue weighted by Gasteiger charge is 2.26. The summed E-state index contributed by atoms with van der Waals surface area (Å²) in [7, 11) is 1.63. The Kier molecular flexibility index (Phi) is 11.5. The number of carboxylic acid groups (broad SMARTS) is 1. The van der Waals surface area contributed by atoms with Crippen molar-refractivity contribution < 1.29 is 9.90 Å². The van der Waals surface area contributed by atoms with E-state index in [1.807, 2.05) is 31.2 Å². The molecule has 0 unspecified atom stereocenters. The fraction of sp³-hybridized carbons (Fsp3) is 0.515. The summed E-state index contributed by atoms with van der Waals surface area (Å²) in [5, 5.41) is 9.21. The van der Waals surface area contributed by atoms with Crippen LogP contribution in [0.2, 0.25) is 0 Å². The quantitative estimate of drug-likeness (QED) is 0.201. The van der Waals surface area contributed by atoms with Crippen molar-refractivity contribution in [2.75, 3.05) is 18.0 Å². The Morgan fingerprint density at radius 2 is 1.84 bits per heavy atom. The molecule has 45 heavy (non-hydrogen) atoms. The lowest BCUT2D eigenvalue weighted by Crippen LogP contribution is -2.44. The van der Waals surface area contributed by atoms with E-state index in [2.05, 4.69) is 33.6 Å². The molecule has 12 heteroatoms. The van der Waals surface area contributed by atoms with Gasteiger partial charge < -0.3 is 15.7 Å². The van der Waals surface area contributed by atoms with Crippen LogP contribution < -0.4 is 21.9 Å². The molecular formula is C33H44N8O4. The van der Waals surface area contributed by atoms with Gasteiger partial charge in [-0.05, 0) is 39.2 Å². The Labute approximate surface area is 262 Å². The molecular weight excluding hydrogens is 572 g/mol. The third-order valence-electron chi connectivity index (χ3n) is 8.00. The summed E-state index contributed by atoms with van der Waals surface area (Å²) < 4.78 is 4.39. The molecule has 1 aromatic carbocycles. The Morgan fingerprint density at radius 3 is 2.56 bits per heavy atom. The molecule has 0 saturated carbocycles. The number of piperidine rings is 1. The third kappa shape index (κ3) is 7.97. The molecule has 1 fully saturated rings. The molecule has 4 aromatic rings. The van der Waals surface area contributed by atoms with E-state index in [0.29, 0.717) is 35.9 Å². The van der Waals surface area contributed by atoms with Crippen LogP contribution in [-0.4, -0.2) is 58.9 Å². The van der Waals surface area contributed by atoms with Crippen LogP contribution in [0.5, 0.6) is 0 Å². The number of nitrogens with two attached hydrogens (primary N) is 1. The van der Waals surface area contributed by atoms with Gasteiger partial charge >= 0.3 is 11.7 Å². The molecule has 1 atom stereocenters. The number of anilines is 1. The van der Waals surface area contributed by atoms with Gasteiger partial charge in [-0.3, -0.25) is 23.3 Å². The number of aromatic nitrogens is 6. The summed E-state index contributed by atoms with van der Waals surface area (Å²) in [6.45, 7) is 7.46. The van der Waals surface area contributed by atoms with Gasteiger partial charge in [0.2, 0.25) is 5.95 Å². The van der Waals surface area contributed by atoms with Gasteiger partial charge in [0.05, 0.1) is 18.6 Å². The molecule has 240 valence electrons. The molecule has 1 aliphatic rings. The minimum absolute atomic E-state index is 0.0306. The van der Waals surface area contributed by atoms with Crippen LogP contribution in [-0.2, 0) is 24.9 Å². The van der Waals surface area contributed by atoms with Crippen LogP contribution >= 0.6 is 0 Å². The highest BCUT2D eigenvalue weighted by Crippen LogP contribution is 2.23. The Hall–Kier alpha value is -4.50. The summed E-state index contributed by atoms with van der Waals surface area (Å²) in [6, 6.07) is 7.71. The summed E-state index contributed by atoms with van der Waals surface area (Å²) >= 11 is 0. The van der Waals surface area contributed by atoms with Crippen molar-refractivity contribution in [1.82, 2.24) is 28.7 Å². The molecule has 12 nitrogen and oxygen atoms in total. The second kappa shape index (κ2) is 15.5. The van der Waals surface area contributed by atoms with E-state index in [4.69, 9.17) is 15.8 Å². The summed E-state index contributed by atoms with van der Waals surface area (Å²) in [6.07, 6.45) is 7.77. The van der Waals surface area contributed by atoms with E-state index in [1.54, 1.807) is 18.5 Å². The lowest BCUT2D eigenvalue weighted by Gasteiger charge is -2.31. The van der Waals surface area contributed by atoms with E-state index in [-0.39, 0.29) is 19.1 Å². The number of carbonyl (C=O) groups is 1. The topological polar surface area (TPSA) is 154 Å². The van der Waals surface area contributed by atoms with Crippen LogP contribution in [0.3, 0.4) is 0 Å². The van der Waals surface area contributed by atoms with Gasteiger partial charge in [0.15, 0.2) is 11.2 Å². The number of hydrogen-bond donors (Lipinski definition) is 2. The lowest BCUT2D eigenvalue weighted by atomic mass is 10.1. The molecule has 3 aromatic heterocycles. The highest BCUT2D eigenvalue weighted by atomic mass is 16.4. The summed E-state index contributed by atoms with van der Waals surface area (Å²) in [4.78, 5) is 53.0. The Bertz CT molecular complexity index is 1830. The van der Waals surface area contributed by atoms with Crippen molar-refractivity contribution in [3.63, 3.8) is 0 Å². The molecule has 1 aliphatic heterocycles. The minimum Gasteiger partial charge on any atom is -0.481 e. The number of para-hydroxylation sites is 1. The molecule has 0 amide bonds. The number of imidazole rings is 1. The number of aryl methyl sites for hydroxylation is 2. The molecule has 0 aliphatic carbocycles. The highest BCUT2D eigenvalue weighted by molar-refractivity contribution is 5.80. The van der Waals surface area contributed by atoms with Crippen molar-refractivity contribution in [1.29, 1.82) is 0 Å². The van der Waals surface area contributed by atoms with E-state index in [9.17, 15) is 14.4 Å². The van der Waals surface area contributed by atoms with Crippen LogP contribution in [0.4, 0.5) is 5.95 Å². The Morgan fingerprint density at radius 1 is 1.09 bits per heavy atom. The molecule has 3 N–H and O–H groups in total. The van der Waals surface area contributed by atoms with Crippen molar-refractivity contribution in [2.24, 2.45) is 12.8 Å². The number of fused-ring (bicyclic) bond motifs is 2. The first-order chi connectivity index (χ1) is 21.7. The first-order valence-corrected chi connectivity index (χ1v) is 15.7. The average molecular weight is 617 g/mol. The zero-order valence-corrected chi connectivity index (χ0v) is 26.8. The van der Waals surface area contributed by atoms with Gasteiger partial charge in [0, 0.05) is 43.7 Å². The van der Waals surface area contributed by atoms with E-state index in [0.717, 1.165) is 48.8 Å². The monoisotopic (exact) mass is 616 g/mol. The number of hydrogen-bond acceptors (Lipinski definition) is 8. The first kappa shape index (κ1) is 33.4. The number of benzene rings is 1. The van der Waals surface area contributed by atoms with E-state index >= 15 is 0 Å². The SMILES string of the molecule is CC#CCn1c(N2CCC[C@@H](N)C2)nc2c1c(=O)n(Cc1nc(C)c3ccccc3n1)c(=O)n2C.CCCCCCCC(=O)O. The van der Waals surface area contributed by atoms with Gasteiger partial charge in [-0.15, -0.1) is 5.92 Å². The number of unbranched alkanes of at least 4 members (excludes halogenated alkanes) is 4. The van der Waals surface area contributed by atoms with Crippen LogP contribution in [0.1, 0.15) is 76.7 Å². The molecule has 5 rings (SSSR count). The molecule has 0 spiro atoms. The average Bonchev–Trinajstić information content (AvgIpc) is 3.41. The number of aliphatic carboxylic acids is 1. The zero-order chi connectivity index (χ0) is 32.5. The standard InChI is InChI=1S/C25H28N8O2.C8H16O2/c1-4-5-13-32-21-22(29-24(32)31-12-8-9-17(26)14-31)30(3)25(35)33(23(21)34)15-20-27-16(2)18-10-6-7-11-19(18)28-20;1-2-3-4-5-6-7-8(9)10/h6-7,10-11,17H,8-9,12-15,26H2,1-3H3;2-7H2,1H3,(H,9,10)/t17-;/m1./s1. The molecule has 4 heterocycles. The van der Waals surface area contributed by atoms with Gasteiger partial charge in [-0.1, -0.05) is 56.7 Å². The smallest absolute Gasteiger partial charge is 0.332 e. The largest absolute Gasteiger partial charge is 0.481 e. The fourth-order valence-corrected chi connectivity index (χ4v) is 5.63. The maximum atomic E-state index is 13.7. The van der Waals surface area contributed by atoms with Crippen molar-refractivity contribution in [2.45, 2.75) is 91.3 Å². The normalized spacial score (nSPS) is 14.6. The van der Waals surface area contributed by atoms with Crippen molar-refractivity contribution in [3.05, 3.63) is 56.6 Å². The first-order valence-electron chi connectivity index (χ1n) is 15.7. The Balaban J connectivity index is 0.000000399. The lowest BCUT2D eigenvalue weighted by molar-refractivity contribution is -0.137. The maximum absolute atomic E-state index is 13.7. The molecule has 0 radical (unpaired) electrons. The summed E-state index contributed by atoms with van der Waals surface area (Å²) in [5.41, 5.74) is 7.54.